The second-order valence-electron chi connectivity index (χ2n) is 5.75. The minimum Gasteiger partial charge on any atom is -0.381 e. The number of likely N-dealkylation sites (N-methyl/N-ethyl adjacent to an activating group) is 1. The first-order chi connectivity index (χ1) is 10.2. The summed E-state index contributed by atoms with van der Waals surface area (Å²) in [5.41, 5.74) is 2.11. The topological polar surface area (TPSA) is 47.4 Å². The van der Waals surface area contributed by atoms with Crippen molar-refractivity contribution in [1.82, 2.24) is 14.5 Å². The fourth-order valence-electron chi connectivity index (χ4n) is 2.88. The standard InChI is InChI=1S/C16H21N3O2/c1-18(2)15(20)11-19-14(12-5-8-21-9-6-12)10-13-4-3-7-17-16(13)19/h3-4,7,10,12H,5-6,8-9,11H2,1-2H3. The van der Waals surface area contributed by atoms with Gasteiger partial charge in [0, 0.05) is 50.5 Å². The van der Waals surface area contributed by atoms with E-state index in [0.29, 0.717) is 12.5 Å². The summed E-state index contributed by atoms with van der Waals surface area (Å²) in [6, 6.07) is 6.18. The molecule has 0 aliphatic carbocycles. The van der Waals surface area contributed by atoms with Gasteiger partial charge in [0.1, 0.15) is 12.2 Å². The van der Waals surface area contributed by atoms with Crippen molar-refractivity contribution in [2.75, 3.05) is 27.3 Å². The zero-order valence-corrected chi connectivity index (χ0v) is 12.6. The summed E-state index contributed by atoms with van der Waals surface area (Å²) in [6.45, 7) is 1.93. The SMILES string of the molecule is CN(C)C(=O)Cn1c(C2CCOCC2)cc2cccnc21. The molecule has 0 saturated carbocycles. The Hall–Kier alpha value is -1.88. The van der Waals surface area contributed by atoms with E-state index in [1.54, 1.807) is 25.2 Å². The molecule has 0 atom stereocenters. The van der Waals surface area contributed by atoms with E-state index in [1.807, 2.05) is 6.07 Å². The van der Waals surface area contributed by atoms with Crippen LogP contribution in [0.15, 0.2) is 24.4 Å². The molecule has 0 N–H and O–H groups in total. The summed E-state index contributed by atoms with van der Waals surface area (Å²) in [7, 11) is 3.57. The van der Waals surface area contributed by atoms with Crippen LogP contribution in [0.5, 0.6) is 0 Å². The lowest BCUT2D eigenvalue weighted by atomic mass is 9.96. The third-order valence-electron chi connectivity index (χ3n) is 4.12. The number of aromatic nitrogens is 2. The molecule has 21 heavy (non-hydrogen) atoms. The van der Waals surface area contributed by atoms with Crippen LogP contribution in [0.1, 0.15) is 24.5 Å². The van der Waals surface area contributed by atoms with Crippen molar-refractivity contribution in [3.8, 4) is 0 Å². The second-order valence-corrected chi connectivity index (χ2v) is 5.75. The molecule has 5 heteroatoms. The average molecular weight is 287 g/mol. The fraction of sp³-hybridized carbons (Fsp3) is 0.500. The predicted molar refractivity (Wildman–Crippen MR) is 81.2 cm³/mol. The molecule has 1 saturated heterocycles. The van der Waals surface area contributed by atoms with Crippen LogP contribution in [-0.2, 0) is 16.1 Å². The molecule has 0 spiro atoms. The summed E-state index contributed by atoms with van der Waals surface area (Å²) < 4.78 is 7.53. The number of rotatable bonds is 3. The lowest BCUT2D eigenvalue weighted by Crippen LogP contribution is -2.28. The Morgan fingerprint density at radius 2 is 2.19 bits per heavy atom. The first kappa shape index (κ1) is 14.1. The molecule has 2 aromatic heterocycles. The molecule has 1 aliphatic rings. The first-order valence-electron chi connectivity index (χ1n) is 7.39. The Morgan fingerprint density at radius 1 is 1.43 bits per heavy atom. The van der Waals surface area contributed by atoms with Gasteiger partial charge in [0.15, 0.2) is 0 Å². The molecule has 3 heterocycles. The highest BCUT2D eigenvalue weighted by Crippen LogP contribution is 2.31. The first-order valence-corrected chi connectivity index (χ1v) is 7.39. The van der Waals surface area contributed by atoms with Crippen LogP contribution in [0.4, 0.5) is 0 Å². The largest absolute Gasteiger partial charge is 0.381 e. The Labute approximate surface area is 124 Å². The zero-order valence-electron chi connectivity index (χ0n) is 12.6. The zero-order chi connectivity index (χ0) is 14.8. The lowest BCUT2D eigenvalue weighted by molar-refractivity contribution is -0.129. The van der Waals surface area contributed by atoms with Gasteiger partial charge >= 0.3 is 0 Å². The summed E-state index contributed by atoms with van der Waals surface area (Å²) in [5, 5.41) is 1.10. The lowest BCUT2D eigenvalue weighted by Gasteiger charge is -2.24. The summed E-state index contributed by atoms with van der Waals surface area (Å²) in [5.74, 6) is 0.536. The van der Waals surface area contributed by atoms with Gasteiger partial charge in [-0.1, -0.05) is 0 Å². The minimum atomic E-state index is 0.0893. The van der Waals surface area contributed by atoms with Gasteiger partial charge in [-0.2, -0.15) is 0 Å². The molecule has 0 unspecified atom stereocenters. The van der Waals surface area contributed by atoms with Gasteiger partial charge in [0.25, 0.3) is 0 Å². The van der Waals surface area contributed by atoms with E-state index in [0.717, 1.165) is 37.1 Å². The van der Waals surface area contributed by atoms with E-state index in [1.165, 1.54) is 5.69 Å². The maximum absolute atomic E-state index is 12.1. The average Bonchev–Trinajstić information content (AvgIpc) is 2.87. The number of carbonyl (C=O) groups is 1. The molecule has 0 radical (unpaired) electrons. The van der Waals surface area contributed by atoms with Gasteiger partial charge < -0.3 is 14.2 Å². The highest BCUT2D eigenvalue weighted by molar-refractivity contribution is 5.81. The monoisotopic (exact) mass is 287 g/mol. The second kappa shape index (κ2) is 5.85. The van der Waals surface area contributed by atoms with Gasteiger partial charge in [-0.05, 0) is 31.0 Å². The highest BCUT2D eigenvalue weighted by atomic mass is 16.5. The fourth-order valence-corrected chi connectivity index (χ4v) is 2.88. The van der Waals surface area contributed by atoms with Crippen LogP contribution in [-0.4, -0.2) is 47.7 Å². The molecule has 5 nitrogen and oxygen atoms in total. The molecule has 3 rings (SSSR count). The van der Waals surface area contributed by atoms with Crippen LogP contribution in [0.2, 0.25) is 0 Å². The smallest absolute Gasteiger partial charge is 0.242 e. The Kier molecular flexibility index (Phi) is 3.92. The molecule has 0 aromatic carbocycles. The van der Waals surface area contributed by atoms with E-state index in [9.17, 15) is 4.79 Å². The predicted octanol–water partition coefficient (Wildman–Crippen LogP) is 2.02. The summed E-state index contributed by atoms with van der Waals surface area (Å²) in [4.78, 5) is 18.2. The Morgan fingerprint density at radius 3 is 2.90 bits per heavy atom. The van der Waals surface area contributed by atoms with Gasteiger partial charge in [-0.25, -0.2) is 4.98 Å². The third kappa shape index (κ3) is 2.78. The molecular formula is C16H21N3O2. The maximum Gasteiger partial charge on any atom is 0.242 e. The number of fused-ring (bicyclic) bond motifs is 1. The van der Waals surface area contributed by atoms with E-state index in [-0.39, 0.29) is 5.91 Å². The normalized spacial score (nSPS) is 16.3. The van der Waals surface area contributed by atoms with E-state index < -0.39 is 0 Å². The number of amides is 1. The Bertz CT molecular complexity index is 642. The van der Waals surface area contributed by atoms with Crippen molar-refractivity contribution in [2.45, 2.75) is 25.3 Å². The van der Waals surface area contributed by atoms with Crippen molar-refractivity contribution in [3.63, 3.8) is 0 Å². The molecule has 1 amide bonds. The number of carbonyl (C=O) groups excluding carboxylic acids is 1. The third-order valence-corrected chi connectivity index (χ3v) is 4.12. The number of pyridine rings is 1. The maximum atomic E-state index is 12.1. The summed E-state index contributed by atoms with van der Waals surface area (Å²) in [6.07, 6.45) is 3.80. The molecule has 1 aliphatic heterocycles. The van der Waals surface area contributed by atoms with E-state index in [2.05, 4.69) is 21.7 Å². The van der Waals surface area contributed by atoms with Crippen LogP contribution in [0.3, 0.4) is 0 Å². The highest BCUT2D eigenvalue weighted by Gasteiger charge is 2.22. The number of hydrogen-bond donors (Lipinski definition) is 0. The number of hydrogen-bond acceptors (Lipinski definition) is 3. The van der Waals surface area contributed by atoms with Crippen molar-refractivity contribution in [1.29, 1.82) is 0 Å². The molecule has 1 fully saturated rings. The number of ether oxygens (including phenoxy) is 1. The van der Waals surface area contributed by atoms with Crippen LogP contribution >= 0.6 is 0 Å². The van der Waals surface area contributed by atoms with Gasteiger partial charge in [-0.3, -0.25) is 4.79 Å². The molecule has 2 aromatic rings. The molecular weight excluding hydrogens is 266 g/mol. The van der Waals surface area contributed by atoms with Crippen LogP contribution in [0.25, 0.3) is 11.0 Å². The molecule has 112 valence electrons. The van der Waals surface area contributed by atoms with Gasteiger partial charge in [0.05, 0.1) is 0 Å². The van der Waals surface area contributed by atoms with Crippen molar-refractivity contribution in [3.05, 3.63) is 30.1 Å². The van der Waals surface area contributed by atoms with Crippen LogP contribution < -0.4 is 0 Å². The minimum absolute atomic E-state index is 0.0893. The van der Waals surface area contributed by atoms with Gasteiger partial charge in [-0.15, -0.1) is 0 Å². The van der Waals surface area contributed by atoms with Crippen molar-refractivity contribution in [2.24, 2.45) is 0 Å². The Balaban J connectivity index is 2.02. The van der Waals surface area contributed by atoms with E-state index in [4.69, 9.17) is 4.74 Å². The summed E-state index contributed by atoms with van der Waals surface area (Å²) >= 11 is 0. The number of nitrogens with zero attached hydrogens (tertiary/aromatic N) is 3. The molecule has 0 bridgehead atoms. The van der Waals surface area contributed by atoms with Gasteiger partial charge in [0.2, 0.25) is 5.91 Å². The van der Waals surface area contributed by atoms with Crippen molar-refractivity contribution < 1.29 is 9.53 Å². The quantitative estimate of drug-likeness (QED) is 0.867. The van der Waals surface area contributed by atoms with E-state index >= 15 is 0 Å². The van der Waals surface area contributed by atoms with Crippen LogP contribution in [0, 0.1) is 0 Å². The van der Waals surface area contributed by atoms with Crippen molar-refractivity contribution >= 4 is 16.9 Å².